The Morgan fingerprint density at radius 3 is 2.94 bits per heavy atom. The third-order valence-electron chi connectivity index (χ3n) is 1.98. The van der Waals surface area contributed by atoms with Crippen LogP contribution in [0.15, 0.2) is 12.1 Å². The Labute approximate surface area is 103 Å². The van der Waals surface area contributed by atoms with Gasteiger partial charge in [0.1, 0.15) is 11.6 Å². The summed E-state index contributed by atoms with van der Waals surface area (Å²) < 4.78 is 4.73. The molecular formula is C10H14N4O4. The number of pyridine rings is 1. The van der Waals surface area contributed by atoms with Crippen LogP contribution in [0.5, 0.6) is 0 Å². The number of ether oxygens (including phenoxy) is 1. The first-order chi connectivity index (χ1) is 8.52. The summed E-state index contributed by atoms with van der Waals surface area (Å²) in [5.41, 5.74) is 5.28. The summed E-state index contributed by atoms with van der Waals surface area (Å²) in [6.07, 6.45) is 0.151. The molecule has 0 bridgehead atoms. The molecule has 0 aliphatic heterocycles. The molecule has 0 fully saturated rings. The average Bonchev–Trinajstić information content (AvgIpc) is 2.28. The molecule has 0 atom stereocenters. The first-order valence-corrected chi connectivity index (χ1v) is 5.34. The van der Waals surface area contributed by atoms with Crippen LogP contribution in [-0.2, 0) is 9.53 Å². The highest BCUT2D eigenvalue weighted by Gasteiger charge is 2.10. The molecule has 8 nitrogen and oxygen atoms in total. The van der Waals surface area contributed by atoms with E-state index in [2.05, 4.69) is 10.3 Å². The van der Waals surface area contributed by atoms with Gasteiger partial charge in [-0.15, -0.1) is 0 Å². The normalized spacial score (nSPS) is 9.83. The number of aromatic nitrogens is 1. The van der Waals surface area contributed by atoms with Crippen molar-refractivity contribution >= 4 is 23.3 Å². The van der Waals surface area contributed by atoms with Crippen molar-refractivity contribution in [3.05, 3.63) is 22.2 Å². The molecule has 1 rings (SSSR count). The van der Waals surface area contributed by atoms with Gasteiger partial charge in [0.05, 0.1) is 30.1 Å². The molecule has 1 aromatic heterocycles. The number of nitrogens with zero attached hydrogens (tertiary/aromatic N) is 2. The van der Waals surface area contributed by atoms with Crippen molar-refractivity contribution in [3.8, 4) is 0 Å². The lowest BCUT2D eigenvalue weighted by atomic mass is 10.3. The van der Waals surface area contributed by atoms with E-state index in [9.17, 15) is 14.9 Å². The zero-order valence-electron chi connectivity index (χ0n) is 9.88. The van der Waals surface area contributed by atoms with Gasteiger partial charge in [0.15, 0.2) is 0 Å². The summed E-state index contributed by atoms with van der Waals surface area (Å²) in [6, 6.07) is 2.41. The van der Waals surface area contributed by atoms with Crippen LogP contribution in [-0.4, -0.2) is 29.0 Å². The molecule has 8 heteroatoms. The largest absolute Gasteiger partial charge is 0.466 e. The fourth-order valence-electron chi connectivity index (χ4n) is 1.26. The molecule has 0 amide bonds. The zero-order valence-corrected chi connectivity index (χ0v) is 9.88. The van der Waals surface area contributed by atoms with E-state index in [0.29, 0.717) is 6.61 Å². The Hall–Kier alpha value is -2.38. The highest BCUT2D eigenvalue weighted by atomic mass is 16.6. The van der Waals surface area contributed by atoms with Crippen LogP contribution in [0, 0.1) is 10.1 Å². The average molecular weight is 254 g/mol. The number of rotatable bonds is 6. The summed E-state index contributed by atoms with van der Waals surface area (Å²) in [4.78, 5) is 25.0. The van der Waals surface area contributed by atoms with Gasteiger partial charge < -0.3 is 15.8 Å². The number of nitrogens with one attached hydrogen (secondary N) is 1. The molecule has 0 saturated heterocycles. The first kappa shape index (κ1) is 13.7. The second-order valence-electron chi connectivity index (χ2n) is 3.37. The Morgan fingerprint density at radius 2 is 2.33 bits per heavy atom. The SMILES string of the molecule is CCOC(=O)CCNc1cc([N+](=O)[O-])cc(N)n1. The minimum absolute atomic E-state index is 0.0443. The number of nitrogen functional groups attached to an aromatic ring is 1. The molecule has 1 aromatic rings. The Kier molecular flexibility index (Phi) is 4.85. The molecule has 0 saturated carbocycles. The van der Waals surface area contributed by atoms with Gasteiger partial charge in [-0.3, -0.25) is 14.9 Å². The molecule has 0 aliphatic rings. The van der Waals surface area contributed by atoms with Crippen molar-refractivity contribution in [2.45, 2.75) is 13.3 Å². The highest BCUT2D eigenvalue weighted by Crippen LogP contribution is 2.18. The van der Waals surface area contributed by atoms with Crippen LogP contribution in [0.25, 0.3) is 0 Å². The van der Waals surface area contributed by atoms with Gasteiger partial charge in [0, 0.05) is 6.54 Å². The predicted octanol–water partition coefficient (Wildman–Crippen LogP) is 0.937. The lowest BCUT2D eigenvalue weighted by Crippen LogP contribution is -2.12. The first-order valence-electron chi connectivity index (χ1n) is 5.34. The minimum atomic E-state index is -0.561. The Bertz CT molecular complexity index is 450. The second-order valence-corrected chi connectivity index (χ2v) is 3.37. The van der Waals surface area contributed by atoms with E-state index < -0.39 is 4.92 Å². The van der Waals surface area contributed by atoms with Gasteiger partial charge in [-0.05, 0) is 6.92 Å². The van der Waals surface area contributed by atoms with E-state index in [-0.39, 0.29) is 36.3 Å². The molecule has 3 N–H and O–H groups in total. The number of carbonyl (C=O) groups excluding carboxylic acids is 1. The van der Waals surface area contributed by atoms with Gasteiger partial charge in [-0.1, -0.05) is 0 Å². The van der Waals surface area contributed by atoms with Crippen LogP contribution in [0.1, 0.15) is 13.3 Å². The molecule has 98 valence electrons. The summed E-state index contributed by atoms with van der Waals surface area (Å²) in [7, 11) is 0. The molecule has 0 radical (unpaired) electrons. The maximum Gasteiger partial charge on any atom is 0.307 e. The van der Waals surface area contributed by atoms with Crippen LogP contribution in [0.4, 0.5) is 17.3 Å². The summed E-state index contributed by atoms with van der Waals surface area (Å²) in [5.74, 6) is -0.0442. The smallest absolute Gasteiger partial charge is 0.307 e. The third kappa shape index (κ3) is 4.24. The van der Waals surface area contributed by atoms with Crippen LogP contribution < -0.4 is 11.1 Å². The third-order valence-corrected chi connectivity index (χ3v) is 1.98. The van der Waals surface area contributed by atoms with Gasteiger partial charge in [-0.25, -0.2) is 4.98 Å². The topological polar surface area (TPSA) is 120 Å². The van der Waals surface area contributed by atoms with Crippen molar-refractivity contribution in [1.82, 2.24) is 4.98 Å². The number of hydrogen-bond donors (Lipinski definition) is 2. The molecule has 0 aromatic carbocycles. The second kappa shape index (κ2) is 6.38. The predicted molar refractivity (Wildman–Crippen MR) is 65.0 cm³/mol. The lowest BCUT2D eigenvalue weighted by Gasteiger charge is -2.06. The van der Waals surface area contributed by atoms with E-state index in [1.807, 2.05) is 0 Å². The summed E-state index contributed by atoms with van der Waals surface area (Å²) >= 11 is 0. The van der Waals surface area contributed by atoms with Crippen molar-refractivity contribution < 1.29 is 14.5 Å². The minimum Gasteiger partial charge on any atom is -0.466 e. The maximum atomic E-state index is 11.1. The fraction of sp³-hybridized carbons (Fsp3) is 0.400. The summed E-state index contributed by atoms with van der Waals surface area (Å²) in [6.45, 7) is 2.31. The summed E-state index contributed by atoms with van der Waals surface area (Å²) in [5, 5.41) is 13.4. The van der Waals surface area contributed by atoms with Crippen LogP contribution in [0.2, 0.25) is 0 Å². The number of nitro groups is 1. The molecule has 18 heavy (non-hydrogen) atoms. The van der Waals surface area contributed by atoms with Crippen molar-refractivity contribution in [2.75, 3.05) is 24.2 Å². The molecular weight excluding hydrogens is 240 g/mol. The van der Waals surface area contributed by atoms with Crippen molar-refractivity contribution in [1.29, 1.82) is 0 Å². The quantitative estimate of drug-likeness (QED) is 0.440. The number of anilines is 2. The van der Waals surface area contributed by atoms with Gasteiger partial charge in [0.2, 0.25) is 0 Å². The van der Waals surface area contributed by atoms with Crippen molar-refractivity contribution in [3.63, 3.8) is 0 Å². The highest BCUT2D eigenvalue weighted by molar-refractivity contribution is 5.70. The fourth-order valence-corrected chi connectivity index (χ4v) is 1.26. The van der Waals surface area contributed by atoms with Gasteiger partial charge in [0.25, 0.3) is 5.69 Å². The van der Waals surface area contributed by atoms with Gasteiger partial charge in [-0.2, -0.15) is 0 Å². The van der Waals surface area contributed by atoms with Crippen molar-refractivity contribution in [2.24, 2.45) is 0 Å². The number of esters is 1. The molecule has 0 unspecified atom stereocenters. The number of carbonyl (C=O) groups is 1. The molecule has 1 heterocycles. The van der Waals surface area contributed by atoms with Crippen LogP contribution in [0.3, 0.4) is 0 Å². The lowest BCUT2D eigenvalue weighted by molar-refractivity contribution is -0.384. The number of hydrogen-bond acceptors (Lipinski definition) is 7. The van der Waals surface area contributed by atoms with E-state index in [4.69, 9.17) is 10.5 Å². The molecule has 0 aliphatic carbocycles. The zero-order chi connectivity index (χ0) is 13.5. The Balaban J connectivity index is 2.57. The van der Waals surface area contributed by atoms with Crippen LogP contribution >= 0.6 is 0 Å². The number of nitrogens with two attached hydrogens (primary N) is 1. The molecule has 0 spiro atoms. The standard InChI is InChI=1S/C10H14N4O4/c1-2-18-10(15)3-4-12-9-6-7(14(16)17)5-8(11)13-9/h5-6H,2-4H2,1H3,(H3,11,12,13). The maximum absolute atomic E-state index is 11.1. The van der Waals surface area contributed by atoms with Gasteiger partial charge >= 0.3 is 5.97 Å². The Morgan fingerprint density at radius 1 is 1.61 bits per heavy atom. The van der Waals surface area contributed by atoms with E-state index in [1.54, 1.807) is 6.92 Å². The van der Waals surface area contributed by atoms with E-state index in [1.165, 1.54) is 6.07 Å². The van der Waals surface area contributed by atoms with E-state index >= 15 is 0 Å². The van der Waals surface area contributed by atoms with E-state index in [0.717, 1.165) is 6.07 Å². The monoisotopic (exact) mass is 254 g/mol.